The molecule has 0 atom stereocenters. The second-order valence-corrected chi connectivity index (χ2v) is 5.91. The van der Waals surface area contributed by atoms with Crippen LogP contribution in [-0.4, -0.2) is 17.5 Å². The molecule has 0 bridgehead atoms. The van der Waals surface area contributed by atoms with Gasteiger partial charge in [-0.15, -0.1) is 0 Å². The largest absolute Gasteiger partial charge is 0.484 e. The van der Waals surface area contributed by atoms with Crippen LogP contribution in [0.15, 0.2) is 72.9 Å². The molecule has 1 amide bonds. The van der Waals surface area contributed by atoms with Gasteiger partial charge in [-0.1, -0.05) is 35.9 Å². The molecule has 132 valence electrons. The maximum Gasteiger partial charge on any atom is 0.266 e. The van der Waals surface area contributed by atoms with Crippen LogP contribution in [0.2, 0.25) is 5.02 Å². The molecule has 0 aliphatic rings. The zero-order valence-electron chi connectivity index (χ0n) is 13.8. The summed E-state index contributed by atoms with van der Waals surface area (Å²) in [7, 11) is 0. The van der Waals surface area contributed by atoms with Gasteiger partial charge in [0.05, 0.1) is 6.54 Å². The summed E-state index contributed by atoms with van der Waals surface area (Å²) in [5.74, 6) is 0.268. The Morgan fingerprint density at radius 1 is 1.04 bits per heavy atom. The molecule has 6 heteroatoms. The molecule has 0 aliphatic heterocycles. The first-order chi connectivity index (χ1) is 12.6. The van der Waals surface area contributed by atoms with Crippen LogP contribution < -0.4 is 9.64 Å². The fourth-order valence-electron chi connectivity index (χ4n) is 2.36. The van der Waals surface area contributed by atoms with Gasteiger partial charge in [0.2, 0.25) is 0 Å². The van der Waals surface area contributed by atoms with Crippen molar-refractivity contribution in [1.82, 2.24) is 4.98 Å². The molecule has 3 rings (SSSR count). The van der Waals surface area contributed by atoms with E-state index in [9.17, 15) is 9.18 Å². The summed E-state index contributed by atoms with van der Waals surface area (Å²) in [5, 5.41) is 0.570. The average molecular weight is 371 g/mol. The Morgan fingerprint density at radius 3 is 2.46 bits per heavy atom. The van der Waals surface area contributed by atoms with Crippen LogP contribution in [0, 0.1) is 5.82 Å². The van der Waals surface area contributed by atoms with Crippen LogP contribution in [0.4, 0.5) is 10.2 Å². The summed E-state index contributed by atoms with van der Waals surface area (Å²) >= 11 is 6.22. The molecule has 0 saturated heterocycles. The molecule has 0 spiro atoms. The van der Waals surface area contributed by atoms with Crippen molar-refractivity contribution in [3.8, 4) is 5.75 Å². The summed E-state index contributed by atoms with van der Waals surface area (Å²) < 4.78 is 18.4. The topological polar surface area (TPSA) is 42.4 Å². The zero-order valence-corrected chi connectivity index (χ0v) is 14.6. The molecular formula is C20H16ClFN2O2. The average Bonchev–Trinajstić information content (AvgIpc) is 2.67. The molecular weight excluding hydrogens is 355 g/mol. The molecule has 1 heterocycles. The van der Waals surface area contributed by atoms with E-state index in [0.717, 1.165) is 5.56 Å². The standard InChI is InChI=1S/C20H16ClFN2O2/c21-18-6-2-1-5-15(18)13-24(19-7-3-4-12-23-19)20(25)14-26-17-10-8-16(22)9-11-17/h1-12H,13-14H2. The summed E-state index contributed by atoms with van der Waals surface area (Å²) in [6.07, 6.45) is 1.61. The number of nitrogens with zero attached hydrogens (tertiary/aromatic N) is 2. The van der Waals surface area contributed by atoms with Crippen LogP contribution in [0.1, 0.15) is 5.56 Å². The highest BCUT2D eigenvalue weighted by Crippen LogP contribution is 2.21. The Hall–Kier alpha value is -2.92. The smallest absolute Gasteiger partial charge is 0.266 e. The third kappa shape index (κ3) is 4.58. The number of aromatic nitrogens is 1. The van der Waals surface area contributed by atoms with Crippen molar-refractivity contribution in [2.45, 2.75) is 6.54 Å². The predicted molar refractivity (Wildman–Crippen MR) is 98.8 cm³/mol. The van der Waals surface area contributed by atoms with Gasteiger partial charge in [0.1, 0.15) is 17.4 Å². The number of hydrogen-bond donors (Lipinski definition) is 0. The van der Waals surface area contributed by atoms with Gasteiger partial charge in [0.25, 0.3) is 5.91 Å². The van der Waals surface area contributed by atoms with Crippen LogP contribution in [-0.2, 0) is 11.3 Å². The van der Waals surface area contributed by atoms with Crippen molar-refractivity contribution < 1.29 is 13.9 Å². The van der Waals surface area contributed by atoms with E-state index in [1.165, 1.54) is 29.2 Å². The lowest BCUT2D eigenvalue weighted by Gasteiger charge is -2.22. The van der Waals surface area contributed by atoms with Crippen molar-refractivity contribution in [2.24, 2.45) is 0 Å². The molecule has 2 aromatic carbocycles. The lowest BCUT2D eigenvalue weighted by atomic mass is 10.2. The SMILES string of the molecule is O=C(COc1ccc(F)cc1)N(Cc1ccccc1Cl)c1ccccn1. The number of benzene rings is 2. The zero-order chi connectivity index (χ0) is 18.4. The Balaban J connectivity index is 1.77. The van der Waals surface area contributed by atoms with Crippen LogP contribution in [0.25, 0.3) is 0 Å². The lowest BCUT2D eigenvalue weighted by Crippen LogP contribution is -2.35. The predicted octanol–water partition coefficient (Wildman–Crippen LogP) is 4.49. The maximum atomic E-state index is 13.0. The number of rotatable bonds is 6. The molecule has 0 N–H and O–H groups in total. The van der Waals surface area contributed by atoms with Crippen LogP contribution >= 0.6 is 11.6 Å². The van der Waals surface area contributed by atoms with E-state index >= 15 is 0 Å². The molecule has 0 unspecified atom stereocenters. The number of amides is 1. The summed E-state index contributed by atoms with van der Waals surface area (Å²) in [4.78, 5) is 18.5. The molecule has 3 aromatic rings. The van der Waals surface area contributed by atoms with E-state index in [2.05, 4.69) is 4.98 Å². The number of carbonyl (C=O) groups is 1. The van der Waals surface area contributed by atoms with Gasteiger partial charge >= 0.3 is 0 Å². The van der Waals surface area contributed by atoms with Gasteiger partial charge in [-0.05, 0) is 48.0 Å². The van der Waals surface area contributed by atoms with Gasteiger partial charge in [-0.2, -0.15) is 0 Å². The van der Waals surface area contributed by atoms with E-state index < -0.39 is 0 Å². The van der Waals surface area contributed by atoms with Crippen molar-refractivity contribution in [1.29, 1.82) is 0 Å². The Labute approximate surface area is 155 Å². The fourth-order valence-corrected chi connectivity index (χ4v) is 2.56. The normalized spacial score (nSPS) is 10.4. The third-order valence-corrected chi connectivity index (χ3v) is 4.06. The van der Waals surface area contributed by atoms with Crippen molar-refractivity contribution in [2.75, 3.05) is 11.5 Å². The fraction of sp³-hybridized carbons (Fsp3) is 0.100. The number of halogens is 2. The van der Waals surface area contributed by atoms with E-state index in [0.29, 0.717) is 16.6 Å². The van der Waals surface area contributed by atoms with Gasteiger partial charge in [0.15, 0.2) is 6.61 Å². The minimum Gasteiger partial charge on any atom is -0.484 e. The Morgan fingerprint density at radius 2 is 1.77 bits per heavy atom. The first kappa shape index (κ1) is 17.9. The highest BCUT2D eigenvalue weighted by molar-refractivity contribution is 6.31. The number of pyridine rings is 1. The van der Waals surface area contributed by atoms with Crippen molar-refractivity contribution in [3.05, 3.63) is 89.3 Å². The molecule has 0 fully saturated rings. The summed E-state index contributed by atoms with van der Waals surface area (Å²) in [5.41, 5.74) is 0.801. The van der Waals surface area contributed by atoms with E-state index in [-0.39, 0.29) is 24.9 Å². The molecule has 1 aromatic heterocycles. The first-order valence-corrected chi connectivity index (χ1v) is 8.34. The number of anilines is 1. The van der Waals surface area contributed by atoms with Gasteiger partial charge in [0, 0.05) is 11.2 Å². The van der Waals surface area contributed by atoms with Gasteiger partial charge in [-0.3, -0.25) is 9.69 Å². The molecule has 4 nitrogen and oxygen atoms in total. The first-order valence-electron chi connectivity index (χ1n) is 7.96. The van der Waals surface area contributed by atoms with E-state index in [1.54, 1.807) is 30.5 Å². The van der Waals surface area contributed by atoms with Crippen LogP contribution in [0.5, 0.6) is 5.75 Å². The monoisotopic (exact) mass is 370 g/mol. The highest BCUT2D eigenvalue weighted by Gasteiger charge is 2.19. The quantitative estimate of drug-likeness (QED) is 0.642. The molecule has 0 aliphatic carbocycles. The second-order valence-electron chi connectivity index (χ2n) is 5.50. The second kappa shape index (κ2) is 8.45. The number of carbonyl (C=O) groups excluding carboxylic acids is 1. The van der Waals surface area contributed by atoms with E-state index in [4.69, 9.17) is 16.3 Å². The maximum absolute atomic E-state index is 13.0. The van der Waals surface area contributed by atoms with Gasteiger partial charge in [-0.25, -0.2) is 9.37 Å². The minimum absolute atomic E-state index is 0.202. The lowest BCUT2D eigenvalue weighted by molar-refractivity contribution is -0.120. The van der Waals surface area contributed by atoms with Gasteiger partial charge < -0.3 is 4.74 Å². The third-order valence-electron chi connectivity index (χ3n) is 3.69. The van der Waals surface area contributed by atoms with E-state index in [1.807, 2.05) is 18.2 Å². The molecule has 0 radical (unpaired) electrons. The van der Waals surface area contributed by atoms with Crippen molar-refractivity contribution in [3.63, 3.8) is 0 Å². The summed E-state index contributed by atoms with van der Waals surface area (Å²) in [6, 6.07) is 18.1. The summed E-state index contributed by atoms with van der Waals surface area (Å²) in [6.45, 7) is 0.0644. The Kier molecular flexibility index (Phi) is 5.81. The highest BCUT2D eigenvalue weighted by atomic mass is 35.5. The van der Waals surface area contributed by atoms with Crippen LogP contribution in [0.3, 0.4) is 0 Å². The Bertz CT molecular complexity index is 872. The number of hydrogen-bond acceptors (Lipinski definition) is 3. The van der Waals surface area contributed by atoms with Crippen molar-refractivity contribution >= 4 is 23.3 Å². The molecule has 26 heavy (non-hydrogen) atoms. The number of ether oxygens (including phenoxy) is 1. The molecule has 0 saturated carbocycles. The minimum atomic E-state index is -0.363.